The fourth-order valence-corrected chi connectivity index (χ4v) is 2.29. The maximum atomic E-state index is 11.1. The second-order valence-electron chi connectivity index (χ2n) is 3.70. The maximum absolute atomic E-state index is 11.1. The molecule has 6 nitrogen and oxygen atoms in total. The molecule has 1 fully saturated rings. The Morgan fingerprint density at radius 2 is 2.20 bits per heavy atom. The van der Waals surface area contributed by atoms with Crippen molar-refractivity contribution in [2.45, 2.75) is 24.3 Å². The smallest absolute Gasteiger partial charge is 0.325 e. The lowest BCUT2D eigenvalue weighted by molar-refractivity contribution is -0.0143. The first-order chi connectivity index (χ1) is 6.85. The van der Waals surface area contributed by atoms with Gasteiger partial charge in [0.1, 0.15) is 26.2 Å². The van der Waals surface area contributed by atoms with Gasteiger partial charge in [-0.25, -0.2) is 0 Å². The Hall–Kier alpha value is 0.0949. The van der Waals surface area contributed by atoms with Crippen molar-refractivity contribution in [3.8, 4) is 0 Å². The van der Waals surface area contributed by atoms with E-state index in [2.05, 4.69) is 0 Å². The van der Waals surface area contributed by atoms with Gasteiger partial charge in [0.25, 0.3) is 0 Å². The van der Waals surface area contributed by atoms with Gasteiger partial charge >= 0.3 is 7.60 Å². The molecule has 0 aromatic heterocycles. The summed E-state index contributed by atoms with van der Waals surface area (Å²) >= 11 is 0. The molecule has 5 atom stereocenters. The van der Waals surface area contributed by atoms with Crippen molar-refractivity contribution in [1.29, 1.82) is 0 Å². The van der Waals surface area contributed by atoms with Crippen LogP contribution in [0.15, 0.2) is 0 Å². The van der Waals surface area contributed by atoms with Gasteiger partial charge in [0.2, 0.25) is 0 Å². The molecule has 1 rings (SSSR count). The molecule has 0 radical (unpaired) electrons. The van der Waals surface area contributed by atoms with Gasteiger partial charge in [0.05, 0.1) is 12.6 Å². The molecular formula is C7H16BO6P. The van der Waals surface area contributed by atoms with Gasteiger partial charge in [-0.15, -0.1) is 0 Å². The SMILES string of the molecule is B[C@@H]1O[C@H](COC)C(OP(C)(=O)O)[C@@H]1O. The molecule has 0 amide bonds. The number of hydrogen-bond donors (Lipinski definition) is 2. The van der Waals surface area contributed by atoms with Crippen molar-refractivity contribution in [2.24, 2.45) is 0 Å². The summed E-state index contributed by atoms with van der Waals surface area (Å²) in [4.78, 5) is 9.09. The maximum Gasteiger partial charge on any atom is 0.325 e. The van der Waals surface area contributed by atoms with Crippen LogP contribution >= 0.6 is 7.60 Å². The van der Waals surface area contributed by atoms with Crippen LogP contribution in [0.1, 0.15) is 0 Å². The van der Waals surface area contributed by atoms with Crippen molar-refractivity contribution < 1.29 is 28.6 Å². The average Bonchev–Trinajstić information content (AvgIpc) is 2.32. The summed E-state index contributed by atoms with van der Waals surface area (Å²) in [6, 6.07) is -0.429. The lowest BCUT2D eigenvalue weighted by atomic mass is 9.93. The molecule has 0 bridgehead atoms. The Bertz CT molecular complexity index is 256. The largest absolute Gasteiger partial charge is 0.388 e. The lowest BCUT2D eigenvalue weighted by Gasteiger charge is -2.21. The molecule has 1 saturated heterocycles. The number of hydrogen-bond acceptors (Lipinski definition) is 5. The first-order valence-electron chi connectivity index (χ1n) is 4.66. The molecule has 88 valence electrons. The van der Waals surface area contributed by atoms with Gasteiger partial charge in [-0.2, -0.15) is 0 Å². The number of methoxy groups -OCH3 is 1. The highest BCUT2D eigenvalue weighted by Crippen LogP contribution is 2.42. The van der Waals surface area contributed by atoms with Gasteiger partial charge in [-0.3, -0.25) is 9.09 Å². The quantitative estimate of drug-likeness (QED) is 0.460. The standard InChI is InChI=1S/C7H16BO6P/c1-12-3-4-6(14-15(2,10)11)5(9)7(8)13-4/h4-7,9H,3,8H2,1-2H3,(H,10,11)/t4-,5+,6?,7-/m1/s1. The summed E-state index contributed by atoms with van der Waals surface area (Å²) in [5, 5.41) is 9.68. The third-order valence-corrected chi connectivity index (χ3v) is 2.86. The summed E-state index contributed by atoms with van der Waals surface area (Å²) in [5.41, 5.74) is 0. The number of aliphatic hydroxyl groups is 1. The Morgan fingerprint density at radius 3 is 2.67 bits per heavy atom. The Morgan fingerprint density at radius 1 is 1.60 bits per heavy atom. The molecule has 1 aliphatic rings. The Balaban J connectivity index is 2.68. The summed E-state index contributed by atoms with van der Waals surface area (Å²) in [7, 11) is -0.474. The monoisotopic (exact) mass is 238 g/mol. The zero-order chi connectivity index (χ0) is 11.6. The molecule has 1 aliphatic heterocycles. The van der Waals surface area contributed by atoms with E-state index in [9.17, 15) is 9.67 Å². The molecule has 0 saturated carbocycles. The van der Waals surface area contributed by atoms with Crippen LogP contribution in [0.2, 0.25) is 0 Å². The molecule has 0 aromatic carbocycles. The lowest BCUT2D eigenvalue weighted by Crippen LogP contribution is -2.36. The van der Waals surface area contributed by atoms with Crippen molar-refractivity contribution in [2.75, 3.05) is 20.4 Å². The van der Waals surface area contributed by atoms with Crippen LogP contribution in [0.25, 0.3) is 0 Å². The van der Waals surface area contributed by atoms with E-state index in [4.69, 9.17) is 18.9 Å². The fourth-order valence-electron chi connectivity index (χ4n) is 1.58. The molecule has 0 aliphatic carbocycles. The third kappa shape index (κ3) is 3.55. The van der Waals surface area contributed by atoms with E-state index in [-0.39, 0.29) is 6.61 Å². The predicted molar refractivity (Wildman–Crippen MR) is 55.7 cm³/mol. The number of ether oxygens (including phenoxy) is 2. The van der Waals surface area contributed by atoms with Crippen molar-refractivity contribution in [3.63, 3.8) is 0 Å². The van der Waals surface area contributed by atoms with Crippen LogP contribution in [-0.2, 0) is 18.6 Å². The summed E-state index contributed by atoms with van der Waals surface area (Å²) in [6.07, 6.45) is -2.24. The normalized spacial score (nSPS) is 40.3. The highest BCUT2D eigenvalue weighted by molar-refractivity contribution is 7.51. The van der Waals surface area contributed by atoms with Gasteiger partial charge in [-0.05, 0) is 0 Å². The Labute approximate surface area is 89.5 Å². The Kier molecular flexibility index (Phi) is 4.34. The van der Waals surface area contributed by atoms with Crippen LogP contribution < -0.4 is 0 Å². The van der Waals surface area contributed by atoms with E-state index in [0.717, 1.165) is 6.66 Å². The number of aliphatic hydroxyl groups excluding tert-OH is 1. The molecule has 15 heavy (non-hydrogen) atoms. The minimum atomic E-state index is -3.64. The molecule has 0 spiro atoms. The van der Waals surface area contributed by atoms with E-state index in [0.29, 0.717) is 0 Å². The zero-order valence-electron chi connectivity index (χ0n) is 8.99. The van der Waals surface area contributed by atoms with Gasteiger partial charge in [0.15, 0.2) is 0 Å². The molecule has 2 N–H and O–H groups in total. The van der Waals surface area contributed by atoms with Crippen LogP contribution in [0.4, 0.5) is 0 Å². The van der Waals surface area contributed by atoms with E-state index >= 15 is 0 Å². The van der Waals surface area contributed by atoms with Crippen molar-refractivity contribution in [1.82, 2.24) is 0 Å². The molecular weight excluding hydrogens is 222 g/mol. The molecule has 2 unspecified atom stereocenters. The van der Waals surface area contributed by atoms with Crippen LogP contribution in [0.5, 0.6) is 0 Å². The van der Waals surface area contributed by atoms with Crippen LogP contribution in [-0.4, -0.2) is 62.5 Å². The van der Waals surface area contributed by atoms with Crippen LogP contribution in [0.3, 0.4) is 0 Å². The molecule has 8 heteroatoms. The van der Waals surface area contributed by atoms with Gasteiger partial charge < -0.3 is 19.5 Å². The van der Waals surface area contributed by atoms with E-state index < -0.39 is 31.9 Å². The number of rotatable bonds is 4. The summed E-state index contributed by atoms with van der Waals surface area (Å²) in [5.74, 6) is 0. The zero-order valence-corrected chi connectivity index (χ0v) is 9.89. The van der Waals surface area contributed by atoms with Gasteiger partial charge in [0, 0.05) is 13.8 Å². The van der Waals surface area contributed by atoms with E-state index in [1.807, 2.05) is 0 Å². The van der Waals surface area contributed by atoms with Crippen molar-refractivity contribution in [3.05, 3.63) is 0 Å². The third-order valence-electron chi connectivity index (χ3n) is 2.22. The highest BCUT2D eigenvalue weighted by atomic mass is 31.2. The summed E-state index contributed by atoms with van der Waals surface area (Å²) in [6.45, 7) is 1.29. The summed E-state index contributed by atoms with van der Waals surface area (Å²) < 4.78 is 26.2. The fraction of sp³-hybridized carbons (Fsp3) is 1.00. The van der Waals surface area contributed by atoms with Gasteiger partial charge in [-0.1, -0.05) is 0 Å². The second kappa shape index (κ2) is 4.95. The first kappa shape index (κ1) is 13.2. The highest BCUT2D eigenvalue weighted by Gasteiger charge is 2.44. The minimum Gasteiger partial charge on any atom is -0.388 e. The van der Waals surface area contributed by atoms with Crippen molar-refractivity contribution >= 4 is 15.4 Å². The first-order valence-corrected chi connectivity index (χ1v) is 6.68. The minimum absolute atomic E-state index is 0.214. The van der Waals surface area contributed by atoms with Crippen LogP contribution in [0, 0.1) is 0 Å². The topological polar surface area (TPSA) is 85.2 Å². The second-order valence-corrected chi connectivity index (χ2v) is 5.52. The molecule has 1 heterocycles. The molecule has 0 aromatic rings. The predicted octanol–water partition coefficient (Wildman–Crippen LogP) is -1.45. The van der Waals surface area contributed by atoms with E-state index in [1.54, 1.807) is 7.85 Å². The average molecular weight is 238 g/mol. The van der Waals surface area contributed by atoms with E-state index in [1.165, 1.54) is 7.11 Å².